The third kappa shape index (κ3) is 4.07. The molecule has 2 N–H and O–H groups in total. The molecule has 0 saturated heterocycles. The molecule has 0 spiro atoms. The molecule has 0 saturated carbocycles. The molecule has 0 radical (unpaired) electrons. The third-order valence-electron chi connectivity index (χ3n) is 3.74. The molecule has 1 unspecified atom stereocenters. The number of aliphatic hydroxyl groups is 1. The van der Waals surface area contributed by atoms with Crippen LogP contribution in [0.4, 0.5) is 0 Å². The van der Waals surface area contributed by atoms with E-state index < -0.39 is 30.2 Å². The Bertz CT molecular complexity index is 744. The maximum Gasteiger partial charge on any atom is 0.256 e. The summed E-state index contributed by atoms with van der Waals surface area (Å²) in [6.45, 7) is -0.832. The molecule has 1 aromatic carbocycles. The number of nitrogens with one attached hydrogen (secondary N) is 1. The molecule has 1 atom stereocenters. The summed E-state index contributed by atoms with van der Waals surface area (Å²) >= 11 is 0. The van der Waals surface area contributed by atoms with E-state index in [0.29, 0.717) is 5.69 Å². The predicted octanol–water partition coefficient (Wildman–Crippen LogP) is 0.497. The summed E-state index contributed by atoms with van der Waals surface area (Å²) in [6, 6.07) is 11.4. The summed E-state index contributed by atoms with van der Waals surface area (Å²) in [4.78, 5) is 41.5. The van der Waals surface area contributed by atoms with Gasteiger partial charge in [-0.05, 0) is 12.1 Å². The molecule has 130 valence electrons. The third-order valence-corrected chi connectivity index (χ3v) is 3.74. The number of rotatable bonds is 6. The number of aliphatic hydroxyl groups excluding tert-OH is 1. The highest BCUT2D eigenvalue weighted by molar-refractivity contribution is 6.10. The number of hydrogen-bond acceptors (Lipinski definition) is 5. The largest absolute Gasteiger partial charge is 0.388 e. The molecule has 0 aliphatic heterocycles. The number of likely N-dealkylation sites (N-methyl/N-ethyl adjacent to an activating group) is 2. The average molecular weight is 341 g/mol. The molecule has 0 aliphatic carbocycles. The van der Waals surface area contributed by atoms with Gasteiger partial charge < -0.3 is 15.3 Å². The Kier molecular flexibility index (Phi) is 5.97. The summed E-state index contributed by atoms with van der Waals surface area (Å²) in [7, 11) is 2.69. The van der Waals surface area contributed by atoms with Crippen LogP contribution in [0.25, 0.3) is 11.3 Å². The van der Waals surface area contributed by atoms with E-state index in [1.54, 1.807) is 12.1 Å². The normalized spacial score (nSPS) is 11.5. The first kappa shape index (κ1) is 18.3. The zero-order chi connectivity index (χ0) is 18.4. The predicted molar refractivity (Wildman–Crippen MR) is 91.7 cm³/mol. The lowest BCUT2D eigenvalue weighted by molar-refractivity contribution is -0.135. The second-order valence-corrected chi connectivity index (χ2v) is 5.36. The number of ketones is 1. The van der Waals surface area contributed by atoms with Crippen molar-refractivity contribution < 1.29 is 19.5 Å². The van der Waals surface area contributed by atoms with Crippen molar-refractivity contribution in [3.63, 3.8) is 0 Å². The fourth-order valence-corrected chi connectivity index (χ4v) is 2.38. The Balaban J connectivity index is 2.24. The van der Waals surface area contributed by atoms with Gasteiger partial charge in [-0.25, -0.2) is 0 Å². The van der Waals surface area contributed by atoms with Crippen LogP contribution in [0.15, 0.2) is 48.7 Å². The van der Waals surface area contributed by atoms with Gasteiger partial charge in [-0.2, -0.15) is 0 Å². The number of benzene rings is 1. The highest BCUT2D eigenvalue weighted by Crippen LogP contribution is 2.17. The maximum atomic E-state index is 12.5. The van der Waals surface area contributed by atoms with E-state index in [0.717, 1.165) is 10.5 Å². The van der Waals surface area contributed by atoms with Crippen molar-refractivity contribution in [2.75, 3.05) is 20.7 Å². The Morgan fingerprint density at radius 3 is 2.36 bits per heavy atom. The average Bonchev–Trinajstić information content (AvgIpc) is 2.67. The number of amides is 2. The monoisotopic (exact) mass is 341 g/mol. The molecule has 0 aliphatic rings. The van der Waals surface area contributed by atoms with Gasteiger partial charge in [0.15, 0.2) is 11.8 Å². The number of carbonyl (C=O) groups excluding carboxylic acids is 3. The fourth-order valence-electron chi connectivity index (χ4n) is 2.38. The van der Waals surface area contributed by atoms with Crippen molar-refractivity contribution in [3.05, 3.63) is 54.2 Å². The lowest BCUT2D eigenvalue weighted by atomic mass is 10.1. The zero-order valence-corrected chi connectivity index (χ0v) is 14.0. The smallest absolute Gasteiger partial charge is 0.256 e. The van der Waals surface area contributed by atoms with Gasteiger partial charge in [-0.15, -0.1) is 0 Å². The Hall–Kier alpha value is -3.06. The minimum absolute atomic E-state index is 0.238. The molecule has 25 heavy (non-hydrogen) atoms. The van der Waals surface area contributed by atoms with E-state index in [-0.39, 0.29) is 5.56 Å². The van der Waals surface area contributed by atoms with E-state index in [1.807, 2.05) is 30.3 Å². The second-order valence-electron chi connectivity index (χ2n) is 5.36. The molecule has 0 bridgehead atoms. The first-order valence-electron chi connectivity index (χ1n) is 7.63. The maximum absolute atomic E-state index is 12.5. The summed E-state index contributed by atoms with van der Waals surface area (Å²) in [6.07, 6.45) is 1.39. The van der Waals surface area contributed by atoms with Crippen LogP contribution in [0.1, 0.15) is 10.4 Å². The van der Waals surface area contributed by atoms with Crippen molar-refractivity contribution in [1.29, 1.82) is 0 Å². The van der Waals surface area contributed by atoms with Crippen LogP contribution in [0, 0.1) is 0 Å². The van der Waals surface area contributed by atoms with E-state index in [9.17, 15) is 14.4 Å². The summed E-state index contributed by atoms with van der Waals surface area (Å²) in [5.41, 5.74) is 1.85. The number of aromatic nitrogens is 1. The first-order chi connectivity index (χ1) is 12.0. The molecule has 2 rings (SSSR count). The molecule has 2 aromatic rings. The van der Waals surface area contributed by atoms with Crippen LogP contribution in [0.2, 0.25) is 0 Å². The highest BCUT2D eigenvalue weighted by atomic mass is 16.3. The van der Waals surface area contributed by atoms with Gasteiger partial charge >= 0.3 is 0 Å². The minimum atomic E-state index is -1.39. The molecule has 1 heterocycles. The van der Waals surface area contributed by atoms with Gasteiger partial charge in [-0.3, -0.25) is 19.4 Å². The second kappa shape index (κ2) is 8.16. The quantitative estimate of drug-likeness (QED) is 0.745. The van der Waals surface area contributed by atoms with E-state index in [2.05, 4.69) is 10.3 Å². The first-order valence-corrected chi connectivity index (χ1v) is 7.63. The SMILES string of the molecule is CNC(=O)C(C(=O)CO)N(C)C(=O)c1ccc(-c2ccccc2)nc1. The zero-order valence-electron chi connectivity index (χ0n) is 14.0. The van der Waals surface area contributed by atoms with E-state index in [4.69, 9.17) is 5.11 Å². The van der Waals surface area contributed by atoms with Crippen molar-refractivity contribution in [1.82, 2.24) is 15.2 Å². The van der Waals surface area contributed by atoms with Crippen molar-refractivity contribution in [2.24, 2.45) is 0 Å². The molecule has 7 heteroatoms. The number of hydrogen-bond donors (Lipinski definition) is 2. The molecular formula is C18H19N3O4. The Labute approximate surface area is 145 Å². The number of nitrogens with zero attached hydrogens (tertiary/aromatic N) is 2. The highest BCUT2D eigenvalue weighted by Gasteiger charge is 2.32. The van der Waals surface area contributed by atoms with Crippen LogP contribution < -0.4 is 5.32 Å². The van der Waals surface area contributed by atoms with Crippen molar-refractivity contribution >= 4 is 17.6 Å². The minimum Gasteiger partial charge on any atom is -0.388 e. The lowest BCUT2D eigenvalue weighted by Crippen LogP contribution is -2.52. The van der Waals surface area contributed by atoms with Gasteiger partial charge in [0.2, 0.25) is 5.91 Å². The van der Waals surface area contributed by atoms with E-state index >= 15 is 0 Å². The van der Waals surface area contributed by atoms with Gasteiger partial charge in [0.25, 0.3) is 5.91 Å². The van der Waals surface area contributed by atoms with E-state index in [1.165, 1.54) is 20.3 Å². The molecule has 0 fully saturated rings. The lowest BCUT2D eigenvalue weighted by Gasteiger charge is -2.25. The fraction of sp³-hybridized carbons (Fsp3) is 0.222. The summed E-state index contributed by atoms with van der Waals surface area (Å²) < 4.78 is 0. The van der Waals surface area contributed by atoms with Gasteiger partial charge in [0.1, 0.15) is 6.61 Å². The molecule has 7 nitrogen and oxygen atoms in total. The van der Waals surface area contributed by atoms with Gasteiger partial charge in [0, 0.05) is 25.9 Å². The topological polar surface area (TPSA) is 99.6 Å². The number of pyridine rings is 1. The number of Topliss-reactive ketones (excluding diaryl/α,β-unsaturated/α-hetero) is 1. The van der Waals surface area contributed by atoms with Crippen LogP contribution >= 0.6 is 0 Å². The summed E-state index contributed by atoms with van der Waals surface area (Å²) in [5.74, 6) is -1.96. The molecule has 1 aromatic heterocycles. The summed E-state index contributed by atoms with van der Waals surface area (Å²) in [5, 5.41) is 11.4. The van der Waals surface area contributed by atoms with Crippen LogP contribution in [0.5, 0.6) is 0 Å². The van der Waals surface area contributed by atoms with Crippen molar-refractivity contribution in [2.45, 2.75) is 6.04 Å². The van der Waals surface area contributed by atoms with Crippen LogP contribution in [0.3, 0.4) is 0 Å². The number of carbonyl (C=O) groups is 3. The van der Waals surface area contributed by atoms with Crippen LogP contribution in [-0.4, -0.2) is 59.3 Å². The van der Waals surface area contributed by atoms with Crippen LogP contribution in [-0.2, 0) is 9.59 Å². The van der Waals surface area contributed by atoms with Gasteiger partial charge in [-0.1, -0.05) is 30.3 Å². The van der Waals surface area contributed by atoms with Crippen molar-refractivity contribution in [3.8, 4) is 11.3 Å². The Morgan fingerprint density at radius 1 is 1.16 bits per heavy atom. The molecular weight excluding hydrogens is 322 g/mol. The van der Waals surface area contributed by atoms with Gasteiger partial charge in [0.05, 0.1) is 11.3 Å². The Morgan fingerprint density at radius 2 is 1.84 bits per heavy atom. The molecule has 2 amide bonds. The standard InChI is InChI=1S/C18H19N3O4/c1-19-17(24)16(15(23)11-22)21(2)18(25)13-8-9-14(20-10-13)12-6-4-3-5-7-12/h3-10,16,22H,11H2,1-2H3,(H,19,24).